The number of hydrogen-bond donors (Lipinski definition) is 0. The van der Waals surface area contributed by atoms with Gasteiger partial charge in [-0.2, -0.15) is 79.0 Å². The summed E-state index contributed by atoms with van der Waals surface area (Å²) in [6, 6.07) is 32.8. The summed E-state index contributed by atoms with van der Waals surface area (Å²) in [7, 11) is 0. The van der Waals surface area contributed by atoms with Crippen molar-refractivity contribution in [2.24, 2.45) is 0 Å². The first-order valence-electron chi connectivity index (χ1n) is 26.5. The predicted molar refractivity (Wildman–Crippen MR) is 304 cm³/mol. The molecule has 4 nitrogen and oxygen atoms in total. The Balaban J connectivity index is 1.32. The maximum absolute atomic E-state index is 14.4. The number of anilines is 12. The number of halogens is 18. The predicted octanol–water partition coefficient (Wildman–Crippen LogP) is 23.5. The Morgan fingerprint density at radius 3 is 0.466 bits per heavy atom. The van der Waals surface area contributed by atoms with Gasteiger partial charge in [-0.25, -0.2) is 0 Å². The molecule has 0 N–H and O–H groups in total. The molecule has 0 fully saturated rings. The molecule has 9 aromatic rings. The van der Waals surface area contributed by atoms with E-state index < -0.39 is 70.4 Å². The van der Waals surface area contributed by atoms with Crippen LogP contribution in [-0.4, -0.2) is 0 Å². The van der Waals surface area contributed by atoms with E-state index in [2.05, 4.69) is 0 Å². The summed E-state index contributed by atoms with van der Waals surface area (Å²) in [6.07, 6.45) is -29.4. The van der Waals surface area contributed by atoms with Crippen molar-refractivity contribution in [2.45, 2.75) is 78.6 Å². The van der Waals surface area contributed by atoms with Crippen LogP contribution in [-0.2, 0) is 37.1 Å². The van der Waals surface area contributed by atoms with Crippen molar-refractivity contribution >= 4 is 68.2 Å². The molecule has 0 unspecified atom stereocenters. The molecule has 0 spiro atoms. The largest absolute Gasteiger partial charge is 0.416 e. The zero-order valence-electron chi connectivity index (χ0n) is 46.9. The summed E-state index contributed by atoms with van der Waals surface area (Å²) in [4.78, 5) is 5.31. The zero-order valence-corrected chi connectivity index (χ0v) is 46.9. The number of alkyl halides is 18. The highest BCUT2D eigenvalue weighted by Crippen LogP contribution is 2.51. The van der Waals surface area contributed by atoms with Crippen molar-refractivity contribution in [3.63, 3.8) is 0 Å². The summed E-state index contributed by atoms with van der Waals surface area (Å²) < 4.78 is 259. The molecule has 9 aromatic carbocycles. The van der Waals surface area contributed by atoms with Gasteiger partial charge < -0.3 is 19.6 Å². The van der Waals surface area contributed by atoms with Crippen LogP contribution in [0.15, 0.2) is 182 Å². The third-order valence-electron chi connectivity index (χ3n) is 14.6. The van der Waals surface area contributed by atoms with Gasteiger partial charge in [0.15, 0.2) is 0 Å². The van der Waals surface area contributed by atoms with Crippen LogP contribution in [0.3, 0.4) is 0 Å². The number of benzene rings is 9. The number of nitrogens with zero attached hydrogens (tertiary/aromatic N) is 4. The van der Waals surface area contributed by atoms with Crippen LogP contribution in [0.2, 0.25) is 0 Å². The van der Waals surface area contributed by atoms with Gasteiger partial charge in [0.25, 0.3) is 0 Å². The third kappa shape index (κ3) is 13.3. The van der Waals surface area contributed by atoms with Crippen LogP contribution in [0.1, 0.15) is 66.8 Å². The van der Waals surface area contributed by atoms with E-state index in [0.717, 1.165) is 109 Å². The molecule has 0 saturated heterocycles. The Kier molecular flexibility index (Phi) is 16.7. The van der Waals surface area contributed by atoms with Crippen LogP contribution in [0, 0.1) is 41.5 Å². The summed E-state index contributed by atoms with van der Waals surface area (Å²) >= 11 is 0. The normalized spacial score (nSPS) is 12.5. The van der Waals surface area contributed by atoms with Gasteiger partial charge in [-0.15, -0.1) is 0 Å². The van der Waals surface area contributed by atoms with Crippen molar-refractivity contribution in [1.29, 1.82) is 0 Å². The number of rotatable bonds is 12. The van der Waals surface area contributed by atoms with Crippen molar-refractivity contribution in [2.75, 3.05) is 19.6 Å². The quantitative estimate of drug-likeness (QED) is 0.113. The molecule has 22 heteroatoms. The Labute approximate surface area is 492 Å². The van der Waals surface area contributed by atoms with Gasteiger partial charge in [0.2, 0.25) is 0 Å². The Morgan fingerprint density at radius 2 is 0.330 bits per heavy atom. The lowest BCUT2D eigenvalue weighted by molar-refractivity contribution is -0.138. The van der Waals surface area contributed by atoms with Gasteiger partial charge in [-0.1, -0.05) is 36.4 Å². The van der Waals surface area contributed by atoms with Crippen molar-refractivity contribution in [3.8, 4) is 0 Å². The van der Waals surface area contributed by atoms with Crippen LogP contribution in [0.4, 0.5) is 147 Å². The monoisotopic (exact) mass is 1240 g/mol. The van der Waals surface area contributed by atoms with Gasteiger partial charge in [0.1, 0.15) is 0 Å². The number of hydrogen-bond acceptors (Lipinski definition) is 4. The van der Waals surface area contributed by atoms with E-state index in [1.165, 1.54) is 90.1 Å². The molecule has 88 heavy (non-hydrogen) atoms. The summed E-state index contributed by atoms with van der Waals surface area (Å²) in [5.41, 5.74) is -5.11. The van der Waals surface area contributed by atoms with E-state index in [0.29, 0.717) is 16.7 Å². The average molecular weight is 1240 g/mol. The zero-order chi connectivity index (χ0) is 64.4. The van der Waals surface area contributed by atoms with Gasteiger partial charge in [-0.05, 0) is 221 Å². The Bertz CT molecular complexity index is 3490. The SMILES string of the molecule is Cc1cc(N(c2cc(C)c(N(c3cccc(C(F)(F)F)c3)c3cccc(C(F)(F)F)c3)cc2C)c2cc(C)c(N(c3cccc(C(F)(F)F)c3)c3cccc(C(F)(F)F)c3)cc2C)c(C)cc1N(c1cccc(C(F)(F)F)c1)c1cccc(C(F)(F)F)c1. The Morgan fingerprint density at radius 1 is 0.193 bits per heavy atom. The standard InChI is InChI=1S/C66H48F18N4/c1-37-28-58(40(4)25-55(37)85(49-19-7-13-43(31-49)61(67,68)69)50-20-8-14-44(32-50)62(70,71)72)88(59-29-38(2)56(26-41(59)5)86(51-21-9-15-45(33-51)63(73,74)75)52-22-10-16-46(34-52)64(76,77)78)60-30-39(3)57(27-42(60)6)87(53-23-11-17-47(35-53)65(79,80)81)54-24-12-18-48(36-54)66(82,83)84/h7-36H,1-6H3. The van der Waals surface area contributed by atoms with Crippen molar-refractivity contribution in [3.05, 3.63) is 249 Å². The second kappa shape index (κ2) is 23.2. The topological polar surface area (TPSA) is 13.0 Å². The summed E-state index contributed by atoms with van der Waals surface area (Å²) in [5.74, 6) is 0. The summed E-state index contributed by atoms with van der Waals surface area (Å²) in [5, 5.41) is 0. The molecule has 0 bridgehead atoms. The van der Waals surface area contributed by atoms with Crippen molar-refractivity contribution in [1.82, 2.24) is 0 Å². The first-order chi connectivity index (χ1) is 40.9. The molecule has 0 aliphatic heterocycles. The first kappa shape index (κ1) is 63.4. The van der Waals surface area contributed by atoms with Gasteiger partial charge in [-0.3, -0.25) is 0 Å². The minimum absolute atomic E-state index is 0.0991. The summed E-state index contributed by atoms with van der Waals surface area (Å²) in [6.45, 7) is 9.37. The highest BCUT2D eigenvalue weighted by molar-refractivity contribution is 5.91. The highest BCUT2D eigenvalue weighted by atomic mass is 19.4. The fourth-order valence-corrected chi connectivity index (χ4v) is 10.4. The molecule has 0 aliphatic rings. The van der Waals surface area contributed by atoms with Crippen LogP contribution < -0.4 is 19.6 Å². The van der Waals surface area contributed by atoms with Crippen LogP contribution in [0.5, 0.6) is 0 Å². The van der Waals surface area contributed by atoms with Gasteiger partial charge >= 0.3 is 37.1 Å². The molecule has 0 aromatic heterocycles. The average Bonchev–Trinajstić information content (AvgIpc) is 0.956. The third-order valence-corrected chi connectivity index (χ3v) is 14.6. The maximum Gasteiger partial charge on any atom is 0.416 e. The highest BCUT2D eigenvalue weighted by Gasteiger charge is 2.38. The lowest BCUT2D eigenvalue weighted by atomic mass is 9.98. The maximum atomic E-state index is 14.4. The Hall–Kier alpha value is -9.08. The molecule has 0 amide bonds. The molecule has 0 heterocycles. The molecule has 0 atom stereocenters. The lowest BCUT2D eigenvalue weighted by Crippen LogP contribution is -2.19. The number of aryl methyl sites for hydroxylation is 6. The van der Waals surface area contributed by atoms with E-state index in [9.17, 15) is 79.0 Å². The fraction of sp³-hybridized carbons (Fsp3) is 0.182. The smallest absolute Gasteiger partial charge is 0.310 e. The minimum atomic E-state index is -4.89. The van der Waals surface area contributed by atoms with E-state index in [1.807, 2.05) is 0 Å². The van der Waals surface area contributed by atoms with Crippen LogP contribution >= 0.6 is 0 Å². The van der Waals surface area contributed by atoms with Crippen LogP contribution in [0.25, 0.3) is 0 Å². The second-order valence-electron chi connectivity index (χ2n) is 20.9. The van der Waals surface area contributed by atoms with Gasteiger partial charge in [0, 0.05) is 68.2 Å². The van der Waals surface area contributed by atoms with E-state index in [4.69, 9.17) is 0 Å². The fourth-order valence-electron chi connectivity index (χ4n) is 10.4. The molecule has 0 aliphatic carbocycles. The van der Waals surface area contributed by atoms with Crippen molar-refractivity contribution < 1.29 is 79.0 Å². The molecule has 0 saturated carbocycles. The van der Waals surface area contributed by atoms with E-state index in [1.54, 1.807) is 43.9 Å². The first-order valence-corrected chi connectivity index (χ1v) is 26.5. The molecule has 0 radical (unpaired) electrons. The molecule has 458 valence electrons. The molecular weight excluding hydrogens is 1190 g/mol. The molecular formula is C66H48F18N4. The van der Waals surface area contributed by atoms with Gasteiger partial charge in [0.05, 0.1) is 33.4 Å². The molecule has 9 rings (SSSR count). The van der Waals surface area contributed by atoms with E-state index in [-0.39, 0.29) is 84.9 Å². The minimum Gasteiger partial charge on any atom is -0.310 e. The second-order valence-corrected chi connectivity index (χ2v) is 20.9. The van der Waals surface area contributed by atoms with E-state index >= 15 is 0 Å². The lowest BCUT2D eigenvalue weighted by Gasteiger charge is -2.35.